The summed E-state index contributed by atoms with van der Waals surface area (Å²) < 4.78 is 16.4. The summed E-state index contributed by atoms with van der Waals surface area (Å²) in [5.74, 6) is 0.697. The highest BCUT2D eigenvalue weighted by Crippen LogP contribution is 2.36. The van der Waals surface area contributed by atoms with E-state index in [1.165, 1.54) is 74.7 Å². The number of piperidine rings is 1. The average molecular weight is 491 g/mol. The number of nitrogens with zero attached hydrogens (tertiary/aromatic N) is 4. The Kier molecular flexibility index (Phi) is 7.42. The van der Waals surface area contributed by atoms with E-state index >= 15 is 0 Å². The molecule has 3 heterocycles. The first kappa shape index (κ1) is 24.9. The van der Waals surface area contributed by atoms with Gasteiger partial charge >= 0.3 is 0 Å². The molecule has 6 heteroatoms. The molecular weight excluding hydrogens is 451 g/mol. The maximum Gasteiger partial charge on any atom is 0.256 e. The van der Waals surface area contributed by atoms with Crippen LogP contribution in [0.5, 0.6) is 0 Å². The molecule has 1 amide bonds. The van der Waals surface area contributed by atoms with Gasteiger partial charge in [-0.25, -0.2) is 4.39 Å². The number of carbonyl (C=O) groups excluding carboxylic acids is 1. The fourth-order valence-electron chi connectivity index (χ4n) is 6.15. The molecule has 2 aliphatic rings. The van der Waals surface area contributed by atoms with E-state index in [4.69, 9.17) is 0 Å². The molecule has 0 N–H and O–H groups in total. The first-order valence-corrected chi connectivity index (χ1v) is 13.7. The number of aromatic nitrogens is 2. The van der Waals surface area contributed by atoms with Gasteiger partial charge in [-0.05, 0) is 87.7 Å². The molecule has 1 saturated heterocycles. The van der Waals surface area contributed by atoms with Crippen LogP contribution in [0.3, 0.4) is 0 Å². The molecule has 1 atom stereocenters. The van der Waals surface area contributed by atoms with Crippen LogP contribution in [0, 0.1) is 11.7 Å². The van der Waals surface area contributed by atoms with Crippen molar-refractivity contribution in [3.8, 4) is 5.69 Å². The Balaban J connectivity index is 1.50. The predicted molar refractivity (Wildman–Crippen MR) is 143 cm³/mol. The Hall–Kier alpha value is -2.73. The van der Waals surface area contributed by atoms with Gasteiger partial charge in [0.15, 0.2) is 0 Å². The fourth-order valence-corrected chi connectivity index (χ4v) is 6.15. The second-order valence-corrected chi connectivity index (χ2v) is 11.1. The van der Waals surface area contributed by atoms with E-state index in [0.29, 0.717) is 17.2 Å². The summed E-state index contributed by atoms with van der Waals surface area (Å²) >= 11 is 0. The maximum atomic E-state index is 14.3. The topological polar surface area (TPSA) is 41.4 Å². The van der Waals surface area contributed by atoms with Crippen molar-refractivity contribution < 1.29 is 9.18 Å². The van der Waals surface area contributed by atoms with Crippen LogP contribution in [0.1, 0.15) is 80.6 Å². The van der Waals surface area contributed by atoms with Gasteiger partial charge in [-0.15, -0.1) is 0 Å². The number of rotatable bonds is 6. The molecule has 5 rings (SSSR count). The number of benzene rings is 1. The normalized spacial score (nSPS) is 19.8. The largest absolute Gasteiger partial charge is 0.339 e. The molecule has 0 bridgehead atoms. The van der Waals surface area contributed by atoms with E-state index in [1.807, 2.05) is 26.2 Å². The lowest BCUT2D eigenvalue weighted by Crippen LogP contribution is -2.38. The van der Waals surface area contributed by atoms with Crippen molar-refractivity contribution in [2.75, 3.05) is 26.7 Å². The molecule has 0 radical (unpaired) electrons. The number of halogens is 1. The standard InChI is InChI=1S/C30H39FN4O/c1-21(2)33(3)30(36)26-16-24(31)11-12-28(26)35-20-27(25-13-14-32-17-29(25)35)23-10-7-15-34(19-23)18-22-8-5-4-6-9-22/h11-14,16-17,20-23H,4-10,15,18-19H2,1-3H3. The Morgan fingerprint density at radius 2 is 1.94 bits per heavy atom. The summed E-state index contributed by atoms with van der Waals surface area (Å²) in [6.07, 6.45) is 15.2. The number of hydrogen-bond acceptors (Lipinski definition) is 3. The van der Waals surface area contributed by atoms with Gasteiger partial charge in [0.1, 0.15) is 5.82 Å². The van der Waals surface area contributed by atoms with Gasteiger partial charge < -0.3 is 14.4 Å². The van der Waals surface area contributed by atoms with Crippen LogP contribution in [0.25, 0.3) is 16.6 Å². The van der Waals surface area contributed by atoms with Crippen LogP contribution in [-0.4, -0.2) is 58.0 Å². The van der Waals surface area contributed by atoms with E-state index in [1.54, 1.807) is 18.0 Å². The molecule has 2 aromatic heterocycles. The van der Waals surface area contributed by atoms with Crippen molar-refractivity contribution in [2.24, 2.45) is 5.92 Å². The predicted octanol–water partition coefficient (Wildman–Crippen LogP) is 6.40. The zero-order valence-corrected chi connectivity index (χ0v) is 21.9. The number of hydrogen-bond donors (Lipinski definition) is 0. The van der Waals surface area contributed by atoms with Crippen LogP contribution in [0.15, 0.2) is 42.9 Å². The highest BCUT2D eigenvalue weighted by molar-refractivity contribution is 5.99. The summed E-state index contributed by atoms with van der Waals surface area (Å²) in [6.45, 7) is 7.40. The van der Waals surface area contributed by atoms with Crippen molar-refractivity contribution >= 4 is 16.8 Å². The third kappa shape index (κ3) is 5.06. The van der Waals surface area contributed by atoms with Crippen molar-refractivity contribution in [3.63, 3.8) is 0 Å². The fraction of sp³-hybridized carbons (Fsp3) is 0.533. The Morgan fingerprint density at radius 1 is 1.14 bits per heavy atom. The molecule has 1 aliphatic heterocycles. The summed E-state index contributed by atoms with van der Waals surface area (Å²) in [7, 11) is 1.77. The minimum atomic E-state index is -0.403. The van der Waals surface area contributed by atoms with E-state index in [2.05, 4.69) is 26.7 Å². The molecule has 1 saturated carbocycles. The first-order chi connectivity index (χ1) is 17.4. The summed E-state index contributed by atoms with van der Waals surface area (Å²) in [4.78, 5) is 22.1. The number of carbonyl (C=O) groups is 1. The van der Waals surface area contributed by atoms with Gasteiger partial charge in [-0.1, -0.05) is 19.3 Å². The lowest BCUT2D eigenvalue weighted by Gasteiger charge is -2.36. The van der Waals surface area contributed by atoms with Crippen LogP contribution >= 0.6 is 0 Å². The lowest BCUT2D eigenvalue weighted by atomic mass is 9.86. The minimum Gasteiger partial charge on any atom is -0.339 e. The molecule has 1 aliphatic carbocycles. The van der Waals surface area contributed by atoms with Gasteiger partial charge in [-0.3, -0.25) is 9.78 Å². The summed E-state index contributed by atoms with van der Waals surface area (Å²) in [6, 6.07) is 6.64. The molecule has 1 unspecified atom stereocenters. The van der Waals surface area contributed by atoms with Crippen LogP contribution < -0.4 is 0 Å². The maximum absolute atomic E-state index is 14.3. The van der Waals surface area contributed by atoms with E-state index in [0.717, 1.165) is 24.4 Å². The molecule has 36 heavy (non-hydrogen) atoms. The van der Waals surface area contributed by atoms with Crippen molar-refractivity contribution in [1.29, 1.82) is 0 Å². The van der Waals surface area contributed by atoms with Crippen LogP contribution in [-0.2, 0) is 0 Å². The molecule has 192 valence electrons. The zero-order chi connectivity index (χ0) is 25.2. The second kappa shape index (κ2) is 10.7. The Morgan fingerprint density at radius 3 is 2.72 bits per heavy atom. The van der Waals surface area contributed by atoms with Gasteiger partial charge in [0.05, 0.1) is 23.0 Å². The van der Waals surface area contributed by atoms with Crippen molar-refractivity contribution in [3.05, 3.63) is 59.8 Å². The Labute approximate surface area is 214 Å². The highest BCUT2D eigenvalue weighted by Gasteiger charge is 2.28. The molecule has 2 fully saturated rings. The summed E-state index contributed by atoms with van der Waals surface area (Å²) in [5, 5.41) is 1.18. The first-order valence-electron chi connectivity index (χ1n) is 13.7. The van der Waals surface area contributed by atoms with Crippen LogP contribution in [0.4, 0.5) is 4.39 Å². The van der Waals surface area contributed by atoms with Gasteiger partial charge in [0.2, 0.25) is 0 Å². The molecule has 1 aromatic carbocycles. The van der Waals surface area contributed by atoms with Crippen molar-refractivity contribution in [2.45, 2.75) is 70.8 Å². The number of likely N-dealkylation sites (tertiary alicyclic amines) is 1. The van der Waals surface area contributed by atoms with E-state index in [-0.39, 0.29) is 11.9 Å². The minimum absolute atomic E-state index is 0.0182. The number of fused-ring (bicyclic) bond motifs is 1. The molecule has 3 aromatic rings. The van der Waals surface area contributed by atoms with E-state index in [9.17, 15) is 9.18 Å². The quantitative estimate of drug-likeness (QED) is 0.401. The van der Waals surface area contributed by atoms with Gasteiger partial charge in [-0.2, -0.15) is 0 Å². The van der Waals surface area contributed by atoms with Gasteiger partial charge in [0, 0.05) is 44.0 Å². The molecule has 0 spiro atoms. The third-order valence-electron chi connectivity index (χ3n) is 8.37. The second-order valence-electron chi connectivity index (χ2n) is 11.1. The smallest absolute Gasteiger partial charge is 0.256 e. The third-order valence-corrected chi connectivity index (χ3v) is 8.37. The lowest BCUT2D eigenvalue weighted by molar-refractivity contribution is 0.0754. The SMILES string of the molecule is CC(C)N(C)C(=O)c1cc(F)ccc1-n1cc(C2CCCN(CC3CCCCC3)C2)c2ccncc21. The number of pyridine rings is 1. The zero-order valence-electron chi connectivity index (χ0n) is 21.9. The summed E-state index contributed by atoms with van der Waals surface area (Å²) in [5.41, 5.74) is 3.35. The number of amides is 1. The highest BCUT2D eigenvalue weighted by atomic mass is 19.1. The van der Waals surface area contributed by atoms with Crippen LogP contribution in [0.2, 0.25) is 0 Å². The average Bonchev–Trinajstić information content (AvgIpc) is 3.28. The van der Waals surface area contributed by atoms with Crippen molar-refractivity contribution in [1.82, 2.24) is 19.4 Å². The van der Waals surface area contributed by atoms with Gasteiger partial charge in [0.25, 0.3) is 5.91 Å². The molecule has 5 nitrogen and oxygen atoms in total. The Bertz CT molecular complexity index is 1210. The monoisotopic (exact) mass is 490 g/mol. The molecular formula is C30H39FN4O. The van der Waals surface area contributed by atoms with E-state index < -0.39 is 5.82 Å².